The Kier molecular flexibility index (Phi) is 10.6. The minimum Gasteiger partial charge on any atom is -0.508 e. The van der Waals surface area contributed by atoms with Crippen LogP contribution in [0, 0.1) is 5.82 Å². The molecule has 3 heterocycles. The van der Waals surface area contributed by atoms with E-state index in [0.717, 1.165) is 32.4 Å². The molecule has 2 aliphatic heterocycles. The van der Waals surface area contributed by atoms with Gasteiger partial charge in [-0.3, -0.25) is 4.90 Å². The van der Waals surface area contributed by atoms with Gasteiger partial charge in [-0.15, -0.1) is 0 Å². The van der Waals surface area contributed by atoms with Crippen LogP contribution in [0.2, 0.25) is 5.02 Å². The average Bonchev–Trinajstić information content (AvgIpc) is 3.27. The molecule has 9 nitrogen and oxygen atoms in total. The van der Waals surface area contributed by atoms with E-state index in [1.54, 1.807) is 18.2 Å². The molecule has 2 bridgehead atoms. The first kappa shape index (κ1) is 34.4. The van der Waals surface area contributed by atoms with Crippen LogP contribution in [0.3, 0.4) is 0 Å². The highest BCUT2D eigenvalue weighted by Crippen LogP contribution is 2.42. The molecule has 2 saturated heterocycles. The lowest BCUT2D eigenvalue weighted by Crippen LogP contribution is -2.57. The number of anilines is 1. The molecule has 0 spiro atoms. The van der Waals surface area contributed by atoms with E-state index in [4.69, 9.17) is 26.1 Å². The van der Waals surface area contributed by atoms with Crippen molar-refractivity contribution in [2.45, 2.75) is 71.6 Å². The number of halogens is 2. The Bertz CT molecular complexity index is 1660. The third kappa shape index (κ3) is 7.99. The largest absolute Gasteiger partial charge is 0.508 e. The number of hydrogen-bond donors (Lipinski definition) is 1. The Labute approximate surface area is 281 Å². The molecule has 0 radical (unpaired) electrons. The highest BCUT2D eigenvalue weighted by Gasteiger charge is 2.45. The first-order valence-electron chi connectivity index (χ1n) is 16.3. The summed E-state index contributed by atoms with van der Waals surface area (Å²) in [6.45, 7) is 12.7. The molecular weight excluding hydrogens is 621 g/mol. The van der Waals surface area contributed by atoms with Crippen molar-refractivity contribution >= 4 is 40.5 Å². The third-order valence-corrected chi connectivity index (χ3v) is 8.80. The summed E-state index contributed by atoms with van der Waals surface area (Å²) in [4.78, 5) is 28.6. The highest BCUT2D eigenvalue weighted by molar-refractivity contribution is 6.34. The van der Waals surface area contributed by atoms with Crippen LogP contribution in [0.5, 0.6) is 11.8 Å². The number of aromatic hydroxyl groups is 1. The van der Waals surface area contributed by atoms with Crippen molar-refractivity contribution in [3.63, 3.8) is 0 Å². The monoisotopic (exact) mass is 665 g/mol. The molecule has 2 unspecified atom stereocenters. The van der Waals surface area contributed by atoms with Gasteiger partial charge in [0.2, 0.25) is 0 Å². The predicted molar refractivity (Wildman–Crippen MR) is 186 cm³/mol. The van der Waals surface area contributed by atoms with E-state index >= 15 is 4.39 Å². The van der Waals surface area contributed by atoms with E-state index < -0.39 is 11.4 Å². The van der Waals surface area contributed by atoms with Crippen LogP contribution in [-0.4, -0.2) is 88.5 Å². The highest BCUT2D eigenvalue weighted by atomic mass is 35.5. The number of fused-ring (bicyclic) bond motifs is 3. The summed E-state index contributed by atoms with van der Waals surface area (Å²) in [6, 6.07) is 6.46. The topological polar surface area (TPSA) is 91.3 Å². The summed E-state index contributed by atoms with van der Waals surface area (Å²) in [5.41, 5.74) is 0.720. The number of allylic oxidation sites excluding steroid dienone is 3. The van der Waals surface area contributed by atoms with Gasteiger partial charge in [0.15, 0.2) is 5.82 Å². The number of carbonyl (C=O) groups excluding carboxylic acids is 1. The number of hydrogen-bond acceptors (Lipinski definition) is 8. The average molecular weight is 666 g/mol. The second-order valence-corrected chi connectivity index (χ2v) is 13.7. The standard InChI is InChI=1S/C36H45ClFN5O4/c1-7-9-10-12-23-17-24(19-27(44)18-23)30-29(37)20-28-32(31(30)38)39-34(46-16-11-15-41(6)8-2)40-33(28)42-21-25-13-14-26(22-42)43(25)35(45)47-36(3,4)5/h7,9-10,12,17-20,25-26,44H,8,11,13-16,21-22H2,1-6H3/b9-7-,12-10-. The smallest absolute Gasteiger partial charge is 0.410 e. The molecule has 0 saturated carbocycles. The van der Waals surface area contributed by atoms with Crippen LogP contribution in [0.1, 0.15) is 59.4 Å². The van der Waals surface area contributed by atoms with Gasteiger partial charge in [0.25, 0.3) is 0 Å². The van der Waals surface area contributed by atoms with Crippen LogP contribution in [0.4, 0.5) is 15.0 Å². The fourth-order valence-electron chi connectivity index (χ4n) is 6.23. The number of nitrogens with zero attached hydrogens (tertiary/aromatic N) is 5. The number of amides is 1. The van der Waals surface area contributed by atoms with Gasteiger partial charge in [-0.05, 0) is 95.9 Å². The molecular formula is C36H45ClFN5O4. The van der Waals surface area contributed by atoms with Crippen molar-refractivity contribution in [3.05, 3.63) is 58.9 Å². The first-order valence-corrected chi connectivity index (χ1v) is 16.7. The van der Waals surface area contributed by atoms with Crippen molar-refractivity contribution in [1.82, 2.24) is 19.8 Å². The van der Waals surface area contributed by atoms with Gasteiger partial charge >= 0.3 is 12.1 Å². The molecule has 11 heteroatoms. The van der Waals surface area contributed by atoms with Crippen LogP contribution in [-0.2, 0) is 4.74 Å². The van der Waals surface area contributed by atoms with Crippen molar-refractivity contribution in [1.29, 1.82) is 0 Å². The number of phenols is 1. The Balaban J connectivity index is 1.55. The van der Waals surface area contributed by atoms with Gasteiger partial charge in [0.1, 0.15) is 22.7 Å². The SMILES string of the molecule is C/C=C\C=C/c1cc(O)cc(-c2c(Cl)cc3c(N4CC5CCC(C4)N5C(=O)OC(C)(C)C)nc(OCCCN(C)CC)nc3c2F)c1. The van der Waals surface area contributed by atoms with Gasteiger partial charge < -0.3 is 24.4 Å². The molecule has 2 aromatic carbocycles. The number of aromatic nitrogens is 2. The molecule has 2 aliphatic rings. The maximum absolute atomic E-state index is 16.7. The van der Waals surface area contributed by atoms with Gasteiger partial charge in [0.05, 0.1) is 23.7 Å². The second kappa shape index (κ2) is 14.5. The first-order chi connectivity index (χ1) is 22.4. The van der Waals surface area contributed by atoms with E-state index in [2.05, 4.69) is 21.7 Å². The van der Waals surface area contributed by atoms with Crippen LogP contribution in [0.15, 0.2) is 42.5 Å². The van der Waals surface area contributed by atoms with Crippen molar-refractivity contribution in [2.75, 3.05) is 44.7 Å². The van der Waals surface area contributed by atoms with E-state index in [1.807, 2.05) is 63.9 Å². The number of ether oxygens (including phenoxy) is 2. The van der Waals surface area contributed by atoms with Gasteiger partial charge in [-0.2, -0.15) is 9.97 Å². The number of carbonyl (C=O) groups is 1. The molecule has 5 rings (SSSR count). The summed E-state index contributed by atoms with van der Waals surface area (Å²) in [6.07, 6.45) is 9.52. The lowest BCUT2D eigenvalue weighted by molar-refractivity contribution is 0.0122. The summed E-state index contributed by atoms with van der Waals surface area (Å²) < 4.78 is 28.5. The summed E-state index contributed by atoms with van der Waals surface area (Å²) in [5, 5.41) is 11.1. The number of piperazine rings is 1. The lowest BCUT2D eigenvalue weighted by Gasteiger charge is -2.42. The maximum Gasteiger partial charge on any atom is 0.410 e. The number of benzene rings is 2. The maximum atomic E-state index is 16.7. The number of phenolic OH excluding ortho intramolecular Hbond substituents is 1. The molecule has 47 heavy (non-hydrogen) atoms. The van der Waals surface area contributed by atoms with Gasteiger partial charge in [-0.1, -0.05) is 42.8 Å². The normalized spacial score (nSPS) is 18.3. The van der Waals surface area contributed by atoms with E-state index in [0.29, 0.717) is 42.0 Å². The molecule has 1 N–H and O–H groups in total. The van der Waals surface area contributed by atoms with Gasteiger partial charge in [0, 0.05) is 30.6 Å². The number of rotatable bonds is 10. The Morgan fingerprint density at radius 2 is 1.87 bits per heavy atom. The zero-order valence-corrected chi connectivity index (χ0v) is 28.9. The Morgan fingerprint density at radius 1 is 1.15 bits per heavy atom. The third-order valence-electron chi connectivity index (χ3n) is 8.50. The Hall–Kier alpha value is -3.89. The van der Waals surface area contributed by atoms with Crippen LogP contribution < -0.4 is 9.64 Å². The summed E-state index contributed by atoms with van der Waals surface area (Å²) >= 11 is 6.84. The van der Waals surface area contributed by atoms with Crippen LogP contribution >= 0.6 is 11.6 Å². The quantitative estimate of drug-likeness (QED) is 0.174. The minimum absolute atomic E-state index is 0.0130. The molecule has 1 aromatic heterocycles. The molecule has 2 atom stereocenters. The zero-order chi connectivity index (χ0) is 33.9. The zero-order valence-electron chi connectivity index (χ0n) is 28.1. The van der Waals surface area contributed by atoms with Crippen LogP contribution in [0.25, 0.3) is 28.1 Å². The molecule has 0 aliphatic carbocycles. The van der Waals surface area contributed by atoms with Gasteiger partial charge in [-0.25, -0.2) is 9.18 Å². The minimum atomic E-state index is -0.629. The molecule has 1 amide bonds. The lowest BCUT2D eigenvalue weighted by atomic mass is 9.99. The summed E-state index contributed by atoms with van der Waals surface area (Å²) in [7, 11) is 2.04. The van der Waals surface area contributed by atoms with Crippen molar-refractivity contribution < 1.29 is 23.8 Å². The Morgan fingerprint density at radius 3 is 2.53 bits per heavy atom. The van der Waals surface area contributed by atoms with Crippen molar-refractivity contribution in [3.8, 4) is 22.9 Å². The van der Waals surface area contributed by atoms with E-state index in [9.17, 15) is 9.90 Å². The molecule has 252 valence electrons. The fourth-order valence-corrected chi connectivity index (χ4v) is 6.53. The predicted octanol–water partition coefficient (Wildman–Crippen LogP) is 7.69. The van der Waals surface area contributed by atoms with Crippen molar-refractivity contribution in [2.24, 2.45) is 0 Å². The summed E-state index contributed by atoms with van der Waals surface area (Å²) in [5.74, 6) is -0.133. The second-order valence-electron chi connectivity index (χ2n) is 13.2. The van der Waals surface area contributed by atoms with E-state index in [-0.39, 0.29) is 46.0 Å². The van der Waals surface area contributed by atoms with E-state index in [1.165, 1.54) is 6.07 Å². The molecule has 3 aromatic rings. The fraction of sp³-hybridized carbons (Fsp3) is 0.472. The molecule has 2 fully saturated rings.